The van der Waals surface area contributed by atoms with Gasteiger partial charge in [-0.2, -0.15) is 0 Å². The number of carbonyl (C=O) groups is 2. The fraction of sp³-hybridized carbons (Fsp3) is 0.500. The molecule has 5 nitrogen and oxygen atoms in total. The van der Waals surface area contributed by atoms with Crippen molar-refractivity contribution < 1.29 is 9.59 Å². The number of benzene rings is 1. The van der Waals surface area contributed by atoms with Crippen LogP contribution in [0.5, 0.6) is 0 Å². The summed E-state index contributed by atoms with van der Waals surface area (Å²) in [6.45, 7) is 4.00. The molecule has 8 heteroatoms. The van der Waals surface area contributed by atoms with Crippen LogP contribution in [0.25, 0.3) is 0 Å². The molecular weight excluding hydrogens is 373 g/mol. The zero-order valence-corrected chi connectivity index (χ0v) is 16.4. The Labute approximate surface area is 159 Å². The van der Waals surface area contributed by atoms with Crippen LogP contribution < -0.4 is 11.1 Å². The maximum atomic E-state index is 12.6. The molecule has 0 bridgehead atoms. The molecule has 0 aromatic heterocycles. The van der Waals surface area contributed by atoms with Crippen molar-refractivity contribution in [1.29, 1.82) is 0 Å². The summed E-state index contributed by atoms with van der Waals surface area (Å²) in [5.74, 6) is -0.501. The second kappa shape index (κ2) is 10.1. The minimum atomic E-state index is -0.628. The van der Waals surface area contributed by atoms with E-state index in [1.807, 2.05) is 13.8 Å². The van der Waals surface area contributed by atoms with Crippen LogP contribution in [0.4, 0.5) is 5.69 Å². The van der Waals surface area contributed by atoms with E-state index in [1.165, 1.54) is 4.90 Å². The monoisotopic (exact) mass is 395 g/mol. The molecule has 0 atom stereocenters. The Bertz CT molecular complexity index is 549. The largest absolute Gasteiger partial charge is 0.336 e. The molecule has 0 fully saturated rings. The van der Waals surface area contributed by atoms with E-state index in [0.717, 1.165) is 0 Å². The van der Waals surface area contributed by atoms with Crippen LogP contribution in [-0.4, -0.2) is 36.9 Å². The summed E-state index contributed by atoms with van der Waals surface area (Å²) >= 11 is 12.0. The van der Waals surface area contributed by atoms with Gasteiger partial charge in [0.05, 0.1) is 27.7 Å². The lowest BCUT2D eigenvalue weighted by Gasteiger charge is -2.33. The number of carbonyl (C=O) groups excluding carboxylic acids is 2. The smallest absolute Gasteiger partial charge is 0.244 e. The summed E-state index contributed by atoms with van der Waals surface area (Å²) in [6, 6.07) is 4.95. The van der Waals surface area contributed by atoms with Crippen molar-refractivity contribution in [1.82, 2.24) is 4.90 Å². The molecule has 136 valence electrons. The van der Waals surface area contributed by atoms with Crippen molar-refractivity contribution in [3.05, 3.63) is 28.2 Å². The van der Waals surface area contributed by atoms with E-state index < -0.39 is 5.41 Å². The molecule has 0 unspecified atom stereocenters. The van der Waals surface area contributed by atoms with E-state index in [0.29, 0.717) is 28.6 Å². The minimum absolute atomic E-state index is 0. The molecule has 0 radical (unpaired) electrons. The Kier molecular flexibility index (Phi) is 9.66. The van der Waals surface area contributed by atoms with E-state index in [9.17, 15) is 9.59 Å². The highest BCUT2D eigenvalue weighted by molar-refractivity contribution is 6.39. The predicted octanol–water partition coefficient (Wildman–Crippen LogP) is 3.58. The van der Waals surface area contributed by atoms with Crippen LogP contribution in [0.15, 0.2) is 18.2 Å². The third-order valence-electron chi connectivity index (χ3n) is 4.15. The number of nitrogens with zero attached hydrogens (tertiary/aromatic N) is 1. The van der Waals surface area contributed by atoms with Crippen molar-refractivity contribution in [3.8, 4) is 0 Å². The van der Waals surface area contributed by atoms with Gasteiger partial charge in [0, 0.05) is 13.6 Å². The van der Waals surface area contributed by atoms with Crippen LogP contribution in [-0.2, 0) is 9.59 Å². The molecule has 2 amide bonds. The lowest BCUT2D eigenvalue weighted by atomic mass is 9.81. The number of halogens is 3. The van der Waals surface area contributed by atoms with E-state index in [-0.39, 0.29) is 37.3 Å². The number of para-hydroxylation sites is 1. The van der Waals surface area contributed by atoms with Gasteiger partial charge in [0.2, 0.25) is 11.8 Å². The topological polar surface area (TPSA) is 75.4 Å². The number of anilines is 1. The average Bonchev–Trinajstić information content (AvgIpc) is 2.53. The molecule has 1 aromatic carbocycles. The zero-order chi connectivity index (χ0) is 17.6. The van der Waals surface area contributed by atoms with Gasteiger partial charge in [-0.1, -0.05) is 43.1 Å². The second-order valence-corrected chi connectivity index (χ2v) is 6.31. The Morgan fingerprint density at radius 3 is 2.12 bits per heavy atom. The molecule has 0 spiro atoms. The highest BCUT2D eigenvalue weighted by Crippen LogP contribution is 2.30. The first-order valence-electron chi connectivity index (χ1n) is 7.50. The number of nitrogens with one attached hydrogen (secondary N) is 1. The summed E-state index contributed by atoms with van der Waals surface area (Å²) in [5.41, 5.74) is 5.50. The van der Waals surface area contributed by atoms with Gasteiger partial charge < -0.3 is 16.0 Å². The molecule has 24 heavy (non-hydrogen) atoms. The first-order valence-corrected chi connectivity index (χ1v) is 8.26. The van der Waals surface area contributed by atoms with Crippen molar-refractivity contribution in [3.63, 3.8) is 0 Å². The van der Waals surface area contributed by atoms with Gasteiger partial charge in [-0.05, 0) is 25.0 Å². The lowest BCUT2D eigenvalue weighted by molar-refractivity contribution is -0.142. The van der Waals surface area contributed by atoms with Gasteiger partial charge in [0.1, 0.15) is 0 Å². The normalized spacial score (nSPS) is 10.8. The summed E-state index contributed by atoms with van der Waals surface area (Å²) in [6.07, 6.45) is 1.25. The average molecular weight is 397 g/mol. The Hall–Kier alpha value is -1.01. The highest BCUT2D eigenvalue weighted by atomic mass is 35.5. The standard InChI is InChI=1S/C16H23Cl2N3O2.ClH/c1-4-16(5-2,10-19)15(23)21(3)9-13(22)20-14-11(17)7-6-8-12(14)18;/h6-8H,4-5,9-10,19H2,1-3H3,(H,20,22);1H. The van der Waals surface area contributed by atoms with Gasteiger partial charge in [-0.3, -0.25) is 9.59 Å². The van der Waals surface area contributed by atoms with Crippen LogP contribution in [0.2, 0.25) is 10.0 Å². The van der Waals surface area contributed by atoms with Crippen molar-refractivity contribution in [2.45, 2.75) is 26.7 Å². The first kappa shape index (κ1) is 23.0. The number of hydrogen-bond acceptors (Lipinski definition) is 3. The SMILES string of the molecule is CCC(CC)(CN)C(=O)N(C)CC(=O)Nc1c(Cl)cccc1Cl.Cl. The summed E-state index contributed by atoms with van der Waals surface area (Å²) < 4.78 is 0. The van der Waals surface area contributed by atoms with Gasteiger partial charge in [-0.25, -0.2) is 0 Å². The number of rotatable bonds is 7. The number of likely N-dealkylation sites (N-methyl/N-ethyl adjacent to an activating group) is 1. The van der Waals surface area contributed by atoms with E-state index in [4.69, 9.17) is 28.9 Å². The predicted molar refractivity (Wildman–Crippen MR) is 102 cm³/mol. The van der Waals surface area contributed by atoms with Crippen LogP contribution in [0.3, 0.4) is 0 Å². The van der Waals surface area contributed by atoms with E-state index >= 15 is 0 Å². The quantitative estimate of drug-likeness (QED) is 0.739. The van der Waals surface area contributed by atoms with Gasteiger partial charge >= 0.3 is 0 Å². The number of hydrogen-bond donors (Lipinski definition) is 2. The van der Waals surface area contributed by atoms with E-state index in [1.54, 1.807) is 25.2 Å². The van der Waals surface area contributed by atoms with Crippen LogP contribution in [0.1, 0.15) is 26.7 Å². The van der Waals surface area contributed by atoms with Gasteiger partial charge in [-0.15, -0.1) is 12.4 Å². The Morgan fingerprint density at radius 1 is 1.21 bits per heavy atom. The molecule has 3 N–H and O–H groups in total. The second-order valence-electron chi connectivity index (χ2n) is 5.50. The molecule has 1 rings (SSSR count). The summed E-state index contributed by atoms with van der Waals surface area (Å²) in [4.78, 5) is 26.2. The molecule has 1 aromatic rings. The Balaban J connectivity index is 0.00000529. The van der Waals surface area contributed by atoms with Gasteiger partial charge in [0.25, 0.3) is 0 Å². The van der Waals surface area contributed by atoms with Gasteiger partial charge in [0.15, 0.2) is 0 Å². The molecule has 0 aliphatic heterocycles. The lowest BCUT2D eigenvalue weighted by Crippen LogP contribution is -2.48. The highest BCUT2D eigenvalue weighted by Gasteiger charge is 2.36. The fourth-order valence-corrected chi connectivity index (χ4v) is 2.91. The van der Waals surface area contributed by atoms with E-state index in [2.05, 4.69) is 5.32 Å². The maximum absolute atomic E-state index is 12.6. The molecule has 0 saturated carbocycles. The molecule has 0 aliphatic carbocycles. The maximum Gasteiger partial charge on any atom is 0.244 e. The van der Waals surface area contributed by atoms with Crippen molar-refractivity contribution >= 4 is 53.1 Å². The molecular formula is C16H24Cl3N3O2. The third-order valence-corrected chi connectivity index (χ3v) is 4.78. The van der Waals surface area contributed by atoms with Crippen LogP contribution in [0, 0.1) is 5.41 Å². The molecule has 0 heterocycles. The summed E-state index contributed by atoms with van der Waals surface area (Å²) in [5, 5.41) is 3.33. The molecule has 0 saturated heterocycles. The van der Waals surface area contributed by atoms with Crippen LogP contribution >= 0.6 is 35.6 Å². The van der Waals surface area contributed by atoms with Crippen molar-refractivity contribution in [2.75, 3.05) is 25.5 Å². The third kappa shape index (κ3) is 5.24. The minimum Gasteiger partial charge on any atom is -0.336 e. The first-order chi connectivity index (χ1) is 10.8. The number of nitrogens with two attached hydrogens (primary N) is 1. The zero-order valence-electron chi connectivity index (χ0n) is 14.1. The summed E-state index contributed by atoms with van der Waals surface area (Å²) in [7, 11) is 1.59. The molecule has 0 aliphatic rings. The van der Waals surface area contributed by atoms with Crippen molar-refractivity contribution in [2.24, 2.45) is 11.1 Å². The fourth-order valence-electron chi connectivity index (χ4n) is 2.42. The Morgan fingerprint density at radius 2 is 1.71 bits per heavy atom. The number of amides is 2.